The molecule has 1 aliphatic rings. The number of nitro groups is 1. The van der Waals surface area contributed by atoms with Gasteiger partial charge < -0.3 is 4.74 Å². The Morgan fingerprint density at radius 2 is 1.89 bits per heavy atom. The van der Waals surface area contributed by atoms with Crippen LogP contribution in [0.2, 0.25) is 0 Å². The molecule has 0 saturated heterocycles. The number of nitro benzene ring substituents is 1. The number of hydrogen-bond acceptors (Lipinski definition) is 6. The molecule has 1 heterocycles. The summed E-state index contributed by atoms with van der Waals surface area (Å²) in [6, 6.07) is 15.8. The molecular formula is C21H21N3O4. The summed E-state index contributed by atoms with van der Waals surface area (Å²) in [4.78, 5) is 23.0. The van der Waals surface area contributed by atoms with Gasteiger partial charge in [0.05, 0.1) is 22.8 Å². The third kappa shape index (κ3) is 4.03. The fourth-order valence-corrected chi connectivity index (χ4v) is 3.11. The normalized spacial score (nSPS) is 16.4. The Morgan fingerprint density at radius 1 is 1.21 bits per heavy atom. The van der Waals surface area contributed by atoms with E-state index in [1.54, 1.807) is 37.1 Å². The van der Waals surface area contributed by atoms with E-state index in [1.165, 1.54) is 12.1 Å². The molecule has 1 N–H and O–H groups in total. The van der Waals surface area contributed by atoms with E-state index in [9.17, 15) is 14.9 Å². The molecule has 28 heavy (non-hydrogen) atoms. The Morgan fingerprint density at radius 3 is 2.57 bits per heavy atom. The lowest BCUT2D eigenvalue weighted by Crippen LogP contribution is -2.33. The Bertz CT molecular complexity index is 938. The molecule has 0 unspecified atom stereocenters. The van der Waals surface area contributed by atoms with Crippen LogP contribution in [-0.4, -0.2) is 22.5 Å². The van der Waals surface area contributed by atoms with Crippen molar-refractivity contribution in [1.29, 1.82) is 0 Å². The summed E-state index contributed by atoms with van der Waals surface area (Å²) in [5, 5.41) is 13.3. The number of hydrogen-bond donors (Lipinski definition) is 1. The van der Waals surface area contributed by atoms with Crippen LogP contribution >= 0.6 is 0 Å². The Kier molecular flexibility index (Phi) is 5.74. The molecule has 0 amide bonds. The van der Waals surface area contributed by atoms with Gasteiger partial charge in [-0.1, -0.05) is 42.5 Å². The van der Waals surface area contributed by atoms with E-state index in [4.69, 9.17) is 4.74 Å². The first-order chi connectivity index (χ1) is 13.5. The van der Waals surface area contributed by atoms with Crippen LogP contribution in [0.15, 0.2) is 72.4 Å². The molecule has 3 rings (SSSR count). The molecule has 1 aliphatic heterocycles. The highest BCUT2D eigenvalue weighted by Crippen LogP contribution is 2.37. The van der Waals surface area contributed by atoms with Gasteiger partial charge in [-0.25, -0.2) is 4.79 Å². The van der Waals surface area contributed by atoms with E-state index in [2.05, 4.69) is 5.43 Å². The second kappa shape index (κ2) is 8.39. The lowest BCUT2D eigenvalue weighted by atomic mass is 10.0. The van der Waals surface area contributed by atoms with Crippen LogP contribution in [0.1, 0.15) is 31.0 Å². The minimum atomic E-state index is -0.462. The molecule has 2 aromatic carbocycles. The number of carbonyl (C=O) groups excluding carboxylic acids is 1. The van der Waals surface area contributed by atoms with Gasteiger partial charge >= 0.3 is 5.97 Å². The van der Waals surface area contributed by atoms with E-state index >= 15 is 0 Å². The molecule has 0 spiro atoms. The Hall–Kier alpha value is -3.61. The molecule has 0 aromatic heterocycles. The highest BCUT2D eigenvalue weighted by molar-refractivity contribution is 5.82. The maximum absolute atomic E-state index is 11.9. The highest BCUT2D eigenvalue weighted by Gasteiger charge is 2.31. The largest absolute Gasteiger partial charge is 0.463 e. The highest BCUT2D eigenvalue weighted by atomic mass is 16.6. The Labute approximate surface area is 163 Å². The second-order valence-electron chi connectivity index (χ2n) is 6.23. The van der Waals surface area contributed by atoms with Crippen molar-refractivity contribution in [1.82, 2.24) is 10.4 Å². The number of para-hydroxylation sites is 1. The van der Waals surface area contributed by atoms with Gasteiger partial charge in [-0.05, 0) is 31.6 Å². The zero-order valence-corrected chi connectivity index (χ0v) is 15.7. The summed E-state index contributed by atoms with van der Waals surface area (Å²) in [5.41, 5.74) is 6.15. The zero-order valence-electron chi connectivity index (χ0n) is 15.7. The summed E-state index contributed by atoms with van der Waals surface area (Å²) >= 11 is 0. The Balaban J connectivity index is 2.04. The van der Waals surface area contributed by atoms with Crippen LogP contribution in [0, 0.1) is 10.1 Å². The summed E-state index contributed by atoms with van der Waals surface area (Å²) < 4.78 is 4.99. The van der Waals surface area contributed by atoms with Crippen molar-refractivity contribution >= 4 is 17.4 Å². The molecule has 0 aliphatic carbocycles. The molecule has 7 nitrogen and oxygen atoms in total. The topological polar surface area (TPSA) is 84.7 Å². The minimum Gasteiger partial charge on any atom is -0.463 e. The van der Waals surface area contributed by atoms with Gasteiger partial charge in [-0.2, -0.15) is 0 Å². The van der Waals surface area contributed by atoms with E-state index < -0.39 is 16.9 Å². The number of ether oxygens (including phenoxy) is 1. The van der Waals surface area contributed by atoms with Gasteiger partial charge in [-0.3, -0.25) is 20.5 Å². The zero-order chi connectivity index (χ0) is 20.1. The maximum atomic E-state index is 11.9. The van der Waals surface area contributed by atoms with Crippen molar-refractivity contribution in [3.8, 4) is 0 Å². The first kappa shape index (κ1) is 19.2. The van der Waals surface area contributed by atoms with Gasteiger partial charge in [0.1, 0.15) is 6.04 Å². The van der Waals surface area contributed by atoms with E-state index in [0.29, 0.717) is 11.3 Å². The first-order valence-corrected chi connectivity index (χ1v) is 8.92. The van der Waals surface area contributed by atoms with Crippen molar-refractivity contribution in [2.75, 3.05) is 6.61 Å². The minimum absolute atomic E-state index is 0.0220. The van der Waals surface area contributed by atoms with Gasteiger partial charge in [-0.15, -0.1) is 0 Å². The molecule has 1 atom stereocenters. The number of esters is 1. The smallest absolute Gasteiger partial charge is 0.332 e. The number of nitrogens with one attached hydrogen (secondary N) is 1. The van der Waals surface area contributed by atoms with Gasteiger partial charge in [0.2, 0.25) is 0 Å². The number of carbonyl (C=O) groups is 1. The standard InChI is InChI=1S/C21H21N3O4/c1-3-28-21(25)13-15(2)23-20(17-11-7-8-12-19(17)24(26)27)14-18(22-23)16-9-5-4-6-10-16/h4-14,20,22H,3H2,1-2H3/t20-/m1/s1. The quantitative estimate of drug-likeness (QED) is 0.354. The van der Waals surface area contributed by atoms with Crippen LogP contribution in [0.25, 0.3) is 5.70 Å². The second-order valence-corrected chi connectivity index (χ2v) is 6.23. The molecule has 0 radical (unpaired) electrons. The SMILES string of the molecule is CCOC(=O)C=C(C)N1NC(c2ccccc2)=C[C@@H]1c1ccccc1[N+](=O)[O-]. The average Bonchev–Trinajstić information content (AvgIpc) is 3.14. The number of allylic oxidation sites excluding steroid dienone is 1. The molecule has 0 bridgehead atoms. The molecule has 144 valence electrons. The maximum Gasteiger partial charge on any atom is 0.332 e. The third-order valence-electron chi connectivity index (χ3n) is 4.37. The molecule has 7 heteroatoms. The van der Waals surface area contributed by atoms with Crippen LogP contribution in [0.3, 0.4) is 0 Å². The number of benzene rings is 2. The predicted octanol–water partition coefficient (Wildman–Crippen LogP) is 3.96. The van der Waals surface area contributed by atoms with Crippen LogP contribution in [0.5, 0.6) is 0 Å². The molecule has 2 aromatic rings. The number of hydrazine groups is 1. The summed E-state index contributed by atoms with van der Waals surface area (Å²) in [5.74, 6) is -0.462. The van der Waals surface area contributed by atoms with E-state index in [0.717, 1.165) is 11.3 Å². The average molecular weight is 379 g/mol. The van der Waals surface area contributed by atoms with Crippen molar-refractivity contribution in [2.24, 2.45) is 0 Å². The van der Waals surface area contributed by atoms with Crippen LogP contribution in [-0.2, 0) is 9.53 Å². The number of rotatable bonds is 6. The third-order valence-corrected chi connectivity index (χ3v) is 4.37. The molecular weight excluding hydrogens is 358 g/mol. The van der Waals surface area contributed by atoms with Crippen LogP contribution < -0.4 is 5.43 Å². The summed E-state index contributed by atoms with van der Waals surface area (Å²) in [6.45, 7) is 3.77. The van der Waals surface area contributed by atoms with Gasteiger partial charge in [0.25, 0.3) is 5.69 Å². The van der Waals surface area contributed by atoms with Crippen molar-refractivity contribution < 1.29 is 14.5 Å². The number of nitrogens with zero attached hydrogens (tertiary/aromatic N) is 2. The van der Waals surface area contributed by atoms with Crippen molar-refractivity contribution in [2.45, 2.75) is 19.9 Å². The first-order valence-electron chi connectivity index (χ1n) is 8.92. The molecule has 0 saturated carbocycles. The fraction of sp³-hybridized carbons (Fsp3) is 0.190. The summed E-state index contributed by atoms with van der Waals surface area (Å²) in [6.07, 6.45) is 3.29. The lowest BCUT2D eigenvalue weighted by Gasteiger charge is -2.28. The predicted molar refractivity (Wildman–Crippen MR) is 106 cm³/mol. The van der Waals surface area contributed by atoms with E-state index in [-0.39, 0.29) is 12.3 Å². The van der Waals surface area contributed by atoms with E-state index in [1.807, 2.05) is 36.4 Å². The summed E-state index contributed by atoms with van der Waals surface area (Å²) in [7, 11) is 0. The fourth-order valence-electron chi connectivity index (χ4n) is 3.11. The van der Waals surface area contributed by atoms with Crippen molar-refractivity contribution in [3.63, 3.8) is 0 Å². The monoisotopic (exact) mass is 379 g/mol. The lowest BCUT2D eigenvalue weighted by molar-refractivity contribution is -0.385. The van der Waals surface area contributed by atoms with Crippen LogP contribution in [0.4, 0.5) is 5.69 Å². The van der Waals surface area contributed by atoms with Gasteiger partial charge in [0, 0.05) is 17.8 Å². The van der Waals surface area contributed by atoms with Crippen molar-refractivity contribution in [3.05, 3.63) is 93.7 Å². The molecule has 0 fully saturated rings. The van der Waals surface area contributed by atoms with Gasteiger partial charge in [0.15, 0.2) is 0 Å².